The minimum Gasteiger partial charge on any atom is -0.736 e. The molecule has 0 amide bonds. The van der Waals surface area contributed by atoms with Crippen LogP contribution in [0.5, 0.6) is 34.5 Å². The first-order valence-corrected chi connectivity index (χ1v) is 17.5. The van der Waals surface area contributed by atoms with Crippen molar-refractivity contribution >= 4 is 19.4 Å². The van der Waals surface area contributed by atoms with E-state index in [-0.39, 0.29) is 77.0 Å². The first kappa shape index (κ1) is 40.6. The van der Waals surface area contributed by atoms with Gasteiger partial charge in [0, 0.05) is 35.1 Å². The number of phosphoric acid groups is 1. The molecule has 0 N–H and O–H groups in total. The van der Waals surface area contributed by atoms with Gasteiger partial charge in [0.2, 0.25) is 0 Å². The van der Waals surface area contributed by atoms with Gasteiger partial charge in [-0.15, -0.1) is 0 Å². The van der Waals surface area contributed by atoms with E-state index in [1.54, 1.807) is 74.9 Å². The first-order valence-electron chi connectivity index (χ1n) is 16.0. The average molecular weight is 713 g/mol. The van der Waals surface area contributed by atoms with E-state index in [0.29, 0.717) is 48.3 Å². The first-order chi connectivity index (χ1) is 23.6. The van der Waals surface area contributed by atoms with Crippen molar-refractivity contribution in [2.45, 2.75) is 52.4 Å². The van der Waals surface area contributed by atoms with E-state index >= 15 is 0 Å². The Morgan fingerprint density at radius 2 is 0.940 bits per heavy atom. The van der Waals surface area contributed by atoms with E-state index in [0.717, 1.165) is 22.3 Å². The summed E-state index contributed by atoms with van der Waals surface area (Å²) in [5.74, 6) is 1.69. The Morgan fingerprint density at radius 1 is 0.580 bits per heavy atom. The van der Waals surface area contributed by atoms with Crippen molar-refractivity contribution in [3.63, 3.8) is 0 Å². The summed E-state index contributed by atoms with van der Waals surface area (Å²) < 4.78 is 45.7. The van der Waals surface area contributed by atoms with Crippen LogP contribution in [0.1, 0.15) is 69.7 Å². The summed E-state index contributed by atoms with van der Waals surface area (Å²) in [4.78, 5) is 39.0. The maximum atomic E-state index is 13.3. The number of ketones is 2. The fourth-order valence-electron chi connectivity index (χ4n) is 5.73. The zero-order chi connectivity index (χ0) is 35.6. The molecule has 10 nitrogen and oxygen atoms in total. The Morgan fingerprint density at radius 3 is 1.24 bits per heavy atom. The van der Waals surface area contributed by atoms with E-state index in [2.05, 4.69) is 0 Å². The second-order valence-corrected chi connectivity index (χ2v) is 12.4. The number of aryl methyl sites for hydroxylation is 2. The molecule has 0 aliphatic carbocycles. The Kier molecular flexibility index (Phi) is 15.4. The molecule has 4 rings (SSSR count). The minimum absolute atomic E-state index is 0. The van der Waals surface area contributed by atoms with Crippen molar-refractivity contribution in [1.82, 2.24) is 0 Å². The topological polar surface area (TPSA) is 130 Å². The van der Waals surface area contributed by atoms with Crippen LogP contribution >= 0.6 is 7.82 Å². The van der Waals surface area contributed by atoms with E-state index in [1.807, 2.05) is 13.8 Å². The van der Waals surface area contributed by atoms with Gasteiger partial charge in [0.05, 0.1) is 28.4 Å². The summed E-state index contributed by atoms with van der Waals surface area (Å²) in [7, 11) is 0.989. The van der Waals surface area contributed by atoms with Crippen molar-refractivity contribution in [3.8, 4) is 34.5 Å². The van der Waals surface area contributed by atoms with Gasteiger partial charge in [-0.3, -0.25) is 9.59 Å². The molecule has 4 aromatic rings. The van der Waals surface area contributed by atoms with Crippen molar-refractivity contribution in [1.29, 1.82) is 0 Å². The molecule has 4 aromatic carbocycles. The minimum atomic E-state index is -5.00. The number of hydrogen-bond acceptors (Lipinski definition) is 10. The summed E-state index contributed by atoms with van der Waals surface area (Å²) in [6.07, 6.45) is 2.35. The third-order valence-corrected chi connectivity index (χ3v) is 9.09. The molecule has 0 heterocycles. The fraction of sp³-hybridized carbons (Fsp3) is 0.316. The zero-order valence-corrected chi connectivity index (χ0v) is 32.6. The Bertz CT molecular complexity index is 1680. The van der Waals surface area contributed by atoms with E-state index in [9.17, 15) is 19.0 Å². The monoisotopic (exact) mass is 712 g/mol. The van der Waals surface area contributed by atoms with Crippen LogP contribution < -0.4 is 62.4 Å². The van der Waals surface area contributed by atoms with Crippen LogP contribution in [-0.2, 0) is 30.2 Å². The molecule has 0 radical (unpaired) electrons. The summed E-state index contributed by atoms with van der Waals surface area (Å²) in [5, 5.41) is 0. The molecule has 50 heavy (non-hydrogen) atoms. The van der Waals surface area contributed by atoms with Gasteiger partial charge in [-0.25, -0.2) is 4.57 Å². The van der Waals surface area contributed by atoms with Crippen molar-refractivity contribution in [3.05, 3.63) is 106 Å². The zero-order valence-electron chi connectivity index (χ0n) is 29.7. The van der Waals surface area contributed by atoms with Crippen molar-refractivity contribution in [2.24, 2.45) is 0 Å². The molecule has 0 aliphatic rings. The molecule has 0 aromatic heterocycles. The molecular weight excluding hydrogens is 670 g/mol. The van der Waals surface area contributed by atoms with E-state index in [1.165, 1.54) is 26.4 Å². The van der Waals surface area contributed by atoms with E-state index < -0.39 is 7.82 Å². The standard InChI is InChI=1S/C38H43O10P.Na/c1-7-31-25(13-21-33(39)27-9-17-29(43-3)18-10-27)15-23-35(37(31)45-5)47-49(41,42)48-36-24-16-26(32(8-2)38(36)46-6)14-22-34(40)28-11-19-30(44-4)20-12-28;/h9-12,15-20,23-24H,7-8,13-14,21-22H2,1-6H3,(H,41,42);/q;+1/p-1. The Balaban J connectivity index is 0.00000676. The van der Waals surface area contributed by atoms with Crippen LogP contribution in [0, 0.1) is 0 Å². The molecule has 0 aliphatic heterocycles. The number of methoxy groups -OCH3 is 4. The molecule has 0 atom stereocenters. The molecule has 0 saturated heterocycles. The van der Waals surface area contributed by atoms with Crippen LogP contribution in [0.15, 0.2) is 72.8 Å². The van der Waals surface area contributed by atoms with Gasteiger partial charge >= 0.3 is 37.4 Å². The molecule has 0 fully saturated rings. The predicted octanol–water partition coefficient (Wildman–Crippen LogP) is 4.41. The second-order valence-electron chi connectivity index (χ2n) is 11.1. The van der Waals surface area contributed by atoms with Gasteiger partial charge in [0.15, 0.2) is 34.6 Å². The largest absolute Gasteiger partial charge is 1.00 e. The van der Waals surface area contributed by atoms with Gasteiger partial charge in [0.1, 0.15) is 11.5 Å². The van der Waals surface area contributed by atoms with Gasteiger partial charge in [-0.2, -0.15) is 0 Å². The molecule has 0 saturated carbocycles. The van der Waals surface area contributed by atoms with Gasteiger partial charge in [-0.1, -0.05) is 26.0 Å². The summed E-state index contributed by atoms with van der Waals surface area (Å²) in [6.45, 7) is 3.82. The molecule has 12 heteroatoms. The van der Waals surface area contributed by atoms with Crippen LogP contribution in [0.4, 0.5) is 0 Å². The number of rotatable bonds is 18. The number of Topliss-reactive ketones (excluding diaryl/α,β-unsaturated/α-hetero) is 2. The van der Waals surface area contributed by atoms with Crippen molar-refractivity contribution in [2.75, 3.05) is 28.4 Å². The summed E-state index contributed by atoms with van der Waals surface area (Å²) in [5.41, 5.74) is 4.28. The summed E-state index contributed by atoms with van der Waals surface area (Å²) >= 11 is 0. The predicted molar refractivity (Wildman–Crippen MR) is 185 cm³/mol. The maximum Gasteiger partial charge on any atom is 1.00 e. The number of hydrogen-bond donors (Lipinski definition) is 0. The number of carbonyl (C=O) groups excluding carboxylic acids is 2. The average Bonchev–Trinajstić information content (AvgIpc) is 3.12. The summed E-state index contributed by atoms with van der Waals surface area (Å²) in [6, 6.07) is 20.3. The second kappa shape index (κ2) is 19.0. The quantitative estimate of drug-likeness (QED) is 0.0832. The fourth-order valence-corrected chi connectivity index (χ4v) is 6.53. The van der Waals surface area contributed by atoms with Gasteiger partial charge < -0.3 is 32.9 Å². The molecule has 0 unspecified atom stereocenters. The van der Waals surface area contributed by atoms with Crippen LogP contribution in [-0.4, -0.2) is 40.0 Å². The number of phosphoric ester groups is 1. The van der Waals surface area contributed by atoms with Gasteiger partial charge in [-0.05, 0) is 97.5 Å². The third-order valence-electron chi connectivity index (χ3n) is 8.25. The molecule has 260 valence electrons. The van der Waals surface area contributed by atoms with E-state index in [4.69, 9.17) is 28.0 Å². The van der Waals surface area contributed by atoms with Gasteiger partial charge in [0.25, 0.3) is 0 Å². The third kappa shape index (κ3) is 10.1. The smallest absolute Gasteiger partial charge is 0.736 e. The van der Waals surface area contributed by atoms with Crippen molar-refractivity contribution < 1.29 is 76.6 Å². The molecular formula is C38H42NaO10P. The molecule has 0 bridgehead atoms. The SMILES string of the molecule is CCc1c(CCC(=O)c2ccc(OC)cc2)ccc(OP(=O)([O-])Oc2ccc(CCC(=O)c3ccc(OC)cc3)c(CC)c2OC)c1OC.[Na+]. The normalized spacial score (nSPS) is 10.9. The number of ether oxygens (including phenoxy) is 4. The Labute approximate surface area is 315 Å². The van der Waals surface area contributed by atoms with Crippen LogP contribution in [0.25, 0.3) is 0 Å². The molecule has 0 spiro atoms. The maximum absolute atomic E-state index is 13.3. The van der Waals surface area contributed by atoms with Crippen LogP contribution in [0.2, 0.25) is 0 Å². The van der Waals surface area contributed by atoms with Crippen LogP contribution in [0.3, 0.4) is 0 Å². The Hall–Kier alpha value is -3.79. The number of carbonyl (C=O) groups is 2. The number of benzene rings is 4.